The molecule has 2 aromatic rings. The molecule has 2 aromatic carbocycles. The molecule has 152 valence electrons. The van der Waals surface area contributed by atoms with Crippen molar-refractivity contribution in [1.82, 2.24) is 5.32 Å². The van der Waals surface area contributed by atoms with E-state index in [2.05, 4.69) is 11.4 Å². The lowest BCUT2D eigenvalue weighted by Gasteiger charge is -2.28. The van der Waals surface area contributed by atoms with Crippen LogP contribution in [0, 0.1) is 0 Å². The lowest BCUT2D eigenvalue weighted by molar-refractivity contribution is -0.126. The Hall–Kier alpha value is -2.92. The van der Waals surface area contributed by atoms with Crippen LogP contribution in [-0.4, -0.2) is 29.1 Å². The molecule has 0 saturated heterocycles. The molecule has 0 fully saturated rings. The molecule has 0 radical (unpaired) electrons. The smallest absolute Gasteiger partial charge is 0.227 e. The molecule has 0 aromatic heterocycles. The molecule has 0 atom stereocenters. The molecule has 5 heteroatoms. The second-order valence-electron chi connectivity index (χ2n) is 7.98. The van der Waals surface area contributed by atoms with Gasteiger partial charge in [-0.25, -0.2) is 0 Å². The van der Waals surface area contributed by atoms with E-state index in [0.717, 1.165) is 22.4 Å². The number of hydrogen-bond acceptors (Lipinski definition) is 3. The largest absolute Gasteiger partial charge is 0.396 e. The van der Waals surface area contributed by atoms with Crippen LogP contribution in [-0.2, 0) is 16.1 Å². The summed E-state index contributed by atoms with van der Waals surface area (Å²) in [5.41, 5.74) is 3.49. The topological polar surface area (TPSA) is 69.6 Å². The molecule has 0 saturated carbocycles. The highest BCUT2D eigenvalue weighted by molar-refractivity contribution is 5.98. The van der Waals surface area contributed by atoms with E-state index in [9.17, 15) is 9.59 Å². The highest BCUT2D eigenvalue weighted by Crippen LogP contribution is 2.29. The van der Waals surface area contributed by atoms with Gasteiger partial charge in [-0.1, -0.05) is 54.6 Å². The Kier molecular flexibility index (Phi) is 6.49. The number of para-hydroxylation sites is 1. The van der Waals surface area contributed by atoms with Gasteiger partial charge in [0, 0.05) is 25.0 Å². The molecule has 0 unspecified atom stereocenters. The van der Waals surface area contributed by atoms with E-state index in [0.29, 0.717) is 13.0 Å². The predicted molar refractivity (Wildman–Crippen MR) is 116 cm³/mol. The molecule has 1 heterocycles. The van der Waals surface area contributed by atoms with E-state index < -0.39 is 5.54 Å². The molecule has 1 aliphatic heterocycles. The number of carbonyl (C=O) groups excluding carboxylic acids is 2. The van der Waals surface area contributed by atoms with Crippen molar-refractivity contribution in [1.29, 1.82) is 0 Å². The predicted octanol–water partition coefficient (Wildman–Crippen LogP) is 3.76. The van der Waals surface area contributed by atoms with Crippen molar-refractivity contribution in [2.45, 2.75) is 45.2 Å². The zero-order valence-electron chi connectivity index (χ0n) is 17.0. The second kappa shape index (κ2) is 9.05. The van der Waals surface area contributed by atoms with Crippen LogP contribution in [0.3, 0.4) is 0 Å². The number of fused-ring (bicyclic) bond motifs is 2. The maximum absolute atomic E-state index is 13.1. The maximum Gasteiger partial charge on any atom is 0.227 e. The van der Waals surface area contributed by atoms with Gasteiger partial charge < -0.3 is 15.3 Å². The Labute approximate surface area is 172 Å². The molecule has 0 spiro atoms. The van der Waals surface area contributed by atoms with E-state index in [1.165, 1.54) is 0 Å². The molecule has 2 N–H and O–H groups in total. The zero-order valence-corrected chi connectivity index (χ0v) is 17.0. The lowest BCUT2D eigenvalue weighted by atomic mass is 10.00. The first-order valence-electron chi connectivity index (χ1n) is 9.97. The third-order valence-corrected chi connectivity index (χ3v) is 5.14. The van der Waals surface area contributed by atoms with Crippen LogP contribution in [0.1, 0.15) is 49.8 Å². The third-order valence-electron chi connectivity index (χ3n) is 5.14. The van der Waals surface area contributed by atoms with E-state index in [1.807, 2.05) is 68.5 Å². The Balaban J connectivity index is 1.77. The zero-order chi connectivity index (χ0) is 20.9. The standard InChI is InChI=1S/C24H28N2O3/c1-24(2,15-16-27)25-22(28)13-14-23(29)26-17-20-9-4-3-7-18(20)11-12-19-8-5-6-10-21(19)26/h3-12,27H,13-17H2,1-2H3,(H,25,28)/b12-11-. The van der Waals surface area contributed by atoms with Gasteiger partial charge in [0.15, 0.2) is 0 Å². The molecule has 0 aliphatic carbocycles. The summed E-state index contributed by atoms with van der Waals surface area (Å²) in [4.78, 5) is 27.2. The van der Waals surface area contributed by atoms with Crippen molar-refractivity contribution in [3.63, 3.8) is 0 Å². The number of rotatable bonds is 6. The van der Waals surface area contributed by atoms with Crippen molar-refractivity contribution in [3.8, 4) is 0 Å². The number of benzene rings is 2. The quantitative estimate of drug-likeness (QED) is 0.786. The summed E-state index contributed by atoms with van der Waals surface area (Å²) < 4.78 is 0. The minimum Gasteiger partial charge on any atom is -0.396 e. The fraction of sp³-hybridized carbons (Fsp3) is 0.333. The van der Waals surface area contributed by atoms with Gasteiger partial charge in [0.2, 0.25) is 11.8 Å². The van der Waals surface area contributed by atoms with Crippen molar-refractivity contribution >= 4 is 29.7 Å². The van der Waals surface area contributed by atoms with Crippen LogP contribution in [0.5, 0.6) is 0 Å². The Morgan fingerprint density at radius 1 is 1.00 bits per heavy atom. The second-order valence-corrected chi connectivity index (χ2v) is 7.98. The molecule has 5 nitrogen and oxygen atoms in total. The Morgan fingerprint density at radius 2 is 1.66 bits per heavy atom. The number of aliphatic hydroxyl groups is 1. The minimum atomic E-state index is -0.494. The Bertz CT molecular complexity index is 918. The first kappa shape index (κ1) is 20.8. The lowest BCUT2D eigenvalue weighted by Crippen LogP contribution is -2.44. The molecule has 0 bridgehead atoms. The summed E-state index contributed by atoms with van der Waals surface area (Å²) in [6, 6.07) is 15.8. The number of carbonyl (C=O) groups is 2. The van der Waals surface area contributed by atoms with Crippen LogP contribution < -0.4 is 10.2 Å². The van der Waals surface area contributed by atoms with Gasteiger partial charge >= 0.3 is 0 Å². The van der Waals surface area contributed by atoms with Gasteiger partial charge in [-0.3, -0.25) is 9.59 Å². The minimum absolute atomic E-state index is 0.00367. The number of nitrogens with one attached hydrogen (secondary N) is 1. The fourth-order valence-electron chi connectivity index (χ4n) is 3.51. The third kappa shape index (κ3) is 5.33. The summed E-state index contributed by atoms with van der Waals surface area (Å²) in [5.74, 6) is -0.268. The number of aliphatic hydroxyl groups excluding tert-OH is 1. The SMILES string of the molecule is CC(C)(CCO)NC(=O)CCC(=O)N1Cc2ccccc2/C=C\c2ccccc21. The number of hydrogen-bond donors (Lipinski definition) is 2. The van der Waals surface area contributed by atoms with Crippen molar-refractivity contribution < 1.29 is 14.7 Å². The van der Waals surface area contributed by atoms with Crippen LogP contribution in [0.4, 0.5) is 5.69 Å². The summed E-state index contributed by atoms with van der Waals surface area (Å²) >= 11 is 0. The van der Waals surface area contributed by atoms with Crippen LogP contribution in [0.2, 0.25) is 0 Å². The molecule has 29 heavy (non-hydrogen) atoms. The van der Waals surface area contributed by atoms with Crippen molar-refractivity contribution in [3.05, 3.63) is 65.2 Å². The fourth-order valence-corrected chi connectivity index (χ4v) is 3.51. The highest BCUT2D eigenvalue weighted by atomic mass is 16.3. The van der Waals surface area contributed by atoms with Gasteiger partial charge in [-0.05, 0) is 43.0 Å². The average Bonchev–Trinajstić information content (AvgIpc) is 2.67. The van der Waals surface area contributed by atoms with Crippen molar-refractivity contribution in [2.75, 3.05) is 11.5 Å². The van der Waals surface area contributed by atoms with E-state index in [4.69, 9.17) is 5.11 Å². The van der Waals surface area contributed by atoms with E-state index in [1.54, 1.807) is 4.90 Å². The van der Waals surface area contributed by atoms with E-state index >= 15 is 0 Å². The summed E-state index contributed by atoms with van der Waals surface area (Å²) in [5, 5.41) is 12.0. The van der Waals surface area contributed by atoms with Crippen LogP contribution in [0.25, 0.3) is 12.2 Å². The van der Waals surface area contributed by atoms with Gasteiger partial charge in [-0.15, -0.1) is 0 Å². The van der Waals surface area contributed by atoms with Crippen LogP contribution in [0.15, 0.2) is 48.5 Å². The summed E-state index contributed by atoms with van der Waals surface area (Å²) in [6.07, 6.45) is 4.81. The summed E-state index contributed by atoms with van der Waals surface area (Å²) in [6.45, 7) is 4.19. The van der Waals surface area contributed by atoms with Crippen molar-refractivity contribution in [2.24, 2.45) is 0 Å². The van der Waals surface area contributed by atoms with E-state index in [-0.39, 0.29) is 31.3 Å². The average molecular weight is 392 g/mol. The normalized spacial score (nSPS) is 14.2. The van der Waals surface area contributed by atoms with Crippen LogP contribution >= 0.6 is 0 Å². The number of nitrogens with zero attached hydrogens (tertiary/aromatic N) is 1. The Morgan fingerprint density at radius 3 is 2.41 bits per heavy atom. The molecule has 2 amide bonds. The molecular formula is C24H28N2O3. The molecule has 1 aliphatic rings. The first-order chi connectivity index (χ1) is 13.9. The monoisotopic (exact) mass is 392 g/mol. The highest BCUT2D eigenvalue weighted by Gasteiger charge is 2.23. The first-order valence-corrected chi connectivity index (χ1v) is 9.97. The number of anilines is 1. The van der Waals surface area contributed by atoms with Gasteiger partial charge in [0.25, 0.3) is 0 Å². The van der Waals surface area contributed by atoms with Gasteiger partial charge in [-0.2, -0.15) is 0 Å². The molecular weight excluding hydrogens is 364 g/mol. The number of amides is 2. The summed E-state index contributed by atoms with van der Waals surface area (Å²) in [7, 11) is 0. The van der Waals surface area contributed by atoms with Gasteiger partial charge in [0.05, 0.1) is 12.2 Å². The van der Waals surface area contributed by atoms with Gasteiger partial charge in [0.1, 0.15) is 0 Å². The maximum atomic E-state index is 13.1. The molecule has 3 rings (SSSR count).